The smallest absolute Gasteiger partial charge is 0.0976 e. The Balaban J connectivity index is 2.48. The molecule has 0 aliphatic carbocycles. The molecule has 6 heteroatoms. The van der Waals surface area contributed by atoms with E-state index in [0.717, 1.165) is 32.1 Å². The minimum atomic E-state index is 0.0398. The van der Waals surface area contributed by atoms with Gasteiger partial charge in [-0.2, -0.15) is 0 Å². The SMILES string of the molecule is CNC(/C=C(\N)N1CCOCC1)N[C@H](C)COC. The molecule has 0 radical (unpaired) electrons. The second kappa shape index (κ2) is 8.31. The highest BCUT2D eigenvalue weighted by Crippen LogP contribution is 2.03. The van der Waals surface area contributed by atoms with Gasteiger partial charge in [0.2, 0.25) is 0 Å². The predicted octanol–water partition coefficient (Wildman–Crippen LogP) is -0.711. The number of nitrogens with two attached hydrogens (primary N) is 1. The van der Waals surface area contributed by atoms with Gasteiger partial charge < -0.3 is 25.4 Å². The lowest BCUT2D eigenvalue weighted by Crippen LogP contribution is -2.47. The Hall–Kier alpha value is -0.820. The summed E-state index contributed by atoms with van der Waals surface area (Å²) in [5.74, 6) is 0.787. The summed E-state index contributed by atoms with van der Waals surface area (Å²) < 4.78 is 10.4. The Labute approximate surface area is 109 Å². The van der Waals surface area contributed by atoms with Crippen molar-refractivity contribution in [2.75, 3.05) is 47.1 Å². The summed E-state index contributed by atoms with van der Waals surface area (Å²) in [5, 5.41) is 6.57. The van der Waals surface area contributed by atoms with E-state index in [4.69, 9.17) is 15.2 Å². The third-order valence-corrected chi connectivity index (χ3v) is 2.91. The van der Waals surface area contributed by atoms with E-state index < -0.39 is 0 Å². The van der Waals surface area contributed by atoms with Gasteiger partial charge in [0.15, 0.2) is 0 Å². The maximum absolute atomic E-state index is 6.09. The van der Waals surface area contributed by atoms with Crippen molar-refractivity contribution >= 4 is 0 Å². The number of hydrogen-bond donors (Lipinski definition) is 3. The van der Waals surface area contributed by atoms with Gasteiger partial charge in [-0.05, 0) is 20.0 Å². The van der Waals surface area contributed by atoms with Crippen molar-refractivity contribution in [1.29, 1.82) is 0 Å². The van der Waals surface area contributed by atoms with Gasteiger partial charge in [-0.3, -0.25) is 5.32 Å². The minimum Gasteiger partial charge on any atom is -0.386 e. The van der Waals surface area contributed by atoms with Crippen molar-refractivity contribution in [1.82, 2.24) is 15.5 Å². The van der Waals surface area contributed by atoms with Crippen LogP contribution in [0, 0.1) is 0 Å². The van der Waals surface area contributed by atoms with Crippen molar-refractivity contribution in [3.8, 4) is 0 Å². The van der Waals surface area contributed by atoms with Crippen molar-refractivity contribution in [3.63, 3.8) is 0 Å². The van der Waals surface area contributed by atoms with E-state index in [0.29, 0.717) is 6.61 Å². The Kier molecular flexibility index (Phi) is 7.04. The Morgan fingerprint density at radius 1 is 1.50 bits per heavy atom. The zero-order valence-corrected chi connectivity index (χ0v) is 11.6. The number of hydrogen-bond acceptors (Lipinski definition) is 6. The molecule has 0 spiro atoms. The molecule has 18 heavy (non-hydrogen) atoms. The van der Waals surface area contributed by atoms with Crippen LogP contribution in [0.4, 0.5) is 0 Å². The van der Waals surface area contributed by atoms with Gasteiger partial charge in [-0.25, -0.2) is 0 Å². The largest absolute Gasteiger partial charge is 0.386 e. The maximum Gasteiger partial charge on any atom is 0.0976 e. The first kappa shape index (κ1) is 15.2. The highest BCUT2D eigenvalue weighted by molar-refractivity contribution is 5.02. The number of nitrogens with zero attached hydrogens (tertiary/aromatic N) is 1. The molecule has 2 atom stereocenters. The molecule has 0 saturated carbocycles. The molecule has 1 aliphatic heterocycles. The Bertz CT molecular complexity index is 254. The third-order valence-electron chi connectivity index (χ3n) is 2.91. The molecule has 106 valence electrons. The fourth-order valence-electron chi connectivity index (χ4n) is 1.92. The second-order valence-electron chi connectivity index (χ2n) is 4.48. The van der Waals surface area contributed by atoms with Crippen molar-refractivity contribution in [2.24, 2.45) is 5.73 Å². The van der Waals surface area contributed by atoms with Crippen molar-refractivity contribution < 1.29 is 9.47 Å². The molecule has 0 bridgehead atoms. The lowest BCUT2D eigenvalue weighted by atomic mass is 10.3. The van der Waals surface area contributed by atoms with Gasteiger partial charge in [0.05, 0.1) is 31.8 Å². The van der Waals surface area contributed by atoms with Crippen molar-refractivity contribution in [3.05, 3.63) is 11.9 Å². The molecule has 0 aromatic rings. The summed E-state index contributed by atoms with van der Waals surface area (Å²) >= 11 is 0. The lowest BCUT2D eigenvalue weighted by Gasteiger charge is -2.30. The normalized spacial score (nSPS) is 20.8. The van der Waals surface area contributed by atoms with Crippen LogP contribution < -0.4 is 16.4 Å². The molecule has 6 nitrogen and oxygen atoms in total. The van der Waals surface area contributed by atoms with Crippen LogP contribution in [-0.4, -0.2) is 64.2 Å². The molecule has 0 aromatic carbocycles. The predicted molar refractivity (Wildman–Crippen MR) is 72.0 cm³/mol. The topological polar surface area (TPSA) is 71.8 Å². The number of morpholine rings is 1. The highest BCUT2D eigenvalue weighted by Gasteiger charge is 2.13. The first-order valence-corrected chi connectivity index (χ1v) is 6.39. The number of ether oxygens (including phenoxy) is 2. The zero-order valence-electron chi connectivity index (χ0n) is 11.6. The molecule has 1 aliphatic rings. The first-order chi connectivity index (χ1) is 8.67. The van der Waals surface area contributed by atoms with Crippen LogP contribution in [0.3, 0.4) is 0 Å². The molecule has 1 saturated heterocycles. The van der Waals surface area contributed by atoms with Gasteiger partial charge in [-0.1, -0.05) is 0 Å². The Morgan fingerprint density at radius 3 is 2.72 bits per heavy atom. The zero-order chi connectivity index (χ0) is 13.4. The standard InChI is InChI=1S/C12H26N4O2/c1-10(9-17-3)15-12(14-2)8-11(13)16-4-6-18-7-5-16/h8,10,12,14-15H,4-7,9,13H2,1-3H3/b11-8+/t10-,12?/m1/s1. The van der Waals surface area contributed by atoms with Crippen LogP contribution >= 0.6 is 0 Å². The van der Waals surface area contributed by atoms with Crippen molar-refractivity contribution in [2.45, 2.75) is 19.1 Å². The molecule has 1 unspecified atom stereocenters. The summed E-state index contributed by atoms with van der Waals surface area (Å²) in [6, 6.07) is 0.265. The number of methoxy groups -OCH3 is 1. The highest BCUT2D eigenvalue weighted by atomic mass is 16.5. The monoisotopic (exact) mass is 258 g/mol. The van der Waals surface area contributed by atoms with Crippen LogP contribution in [0.1, 0.15) is 6.92 Å². The minimum absolute atomic E-state index is 0.0398. The van der Waals surface area contributed by atoms with Gasteiger partial charge in [0.25, 0.3) is 0 Å². The van der Waals surface area contributed by atoms with E-state index in [1.54, 1.807) is 7.11 Å². The fourth-order valence-corrected chi connectivity index (χ4v) is 1.92. The average molecular weight is 258 g/mol. The maximum atomic E-state index is 6.09. The van der Waals surface area contributed by atoms with Gasteiger partial charge in [-0.15, -0.1) is 0 Å². The molecule has 0 aromatic heterocycles. The van der Waals surface area contributed by atoms with E-state index in [1.165, 1.54) is 0 Å². The third kappa shape index (κ3) is 5.22. The van der Waals surface area contributed by atoms with E-state index >= 15 is 0 Å². The van der Waals surface area contributed by atoms with Crippen LogP contribution in [0.15, 0.2) is 11.9 Å². The second-order valence-corrected chi connectivity index (χ2v) is 4.48. The van der Waals surface area contributed by atoms with E-state index in [-0.39, 0.29) is 12.2 Å². The van der Waals surface area contributed by atoms with E-state index in [2.05, 4.69) is 22.5 Å². The number of likely N-dealkylation sites (N-methyl/N-ethyl adjacent to an activating group) is 1. The summed E-state index contributed by atoms with van der Waals surface area (Å²) in [5.41, 5.74) is 6.09. The fraction of sp³-hybridized carbons (Fsp3) is 0.833. The van der Waals surface area contributed by atoms with Crippen LogP contribution in [0.5, 0.6) is 0 Å². The Morgan fingerprint density at radius 2 is 2.17 bits per heavy atom. The summed E-state index contributed by atoms with van der Waals surface area (Å²) in [6.45, 7) is 5.94. The first-order valence-electron chi connectivity index (χ1n) is 6.39. The van der Waals surface area contributed by atoms with E-state index in [9.17, 15) is 0 Å². The van der Waals surface area contributed by atoms with Crippen LogP contribution in [-0.2, 0) is 9.47 Å². The number of nitrogens with one attached hydrogen (secondary N) is 2. The van der Waals surface area contributed by atoms with E-state index in [1.807, 2.05) is 13.1 Å². The molecular formula is C12H26N4O2. The summed E-state index contributed by atoms with van der Waals surface area (Å²) in [4.78, 5) is 2.14. The lowest BCUT2D eigenvalue weighted by molar-refractivity contribution is 0.0526. The average Bonchev–Trinajstić information content (AvgIpc) is 2.39. The quantitative estimate of drug-likeness (QED) is 0.524. The van der Waals surface area contributed by atoms with Crippen LogP contribution in [0.25, 0.3) is 0 Å². The molecular weight excluding hydrogens is 232 g/mol. The summed E-state index contributed by atoms with van der Waals surface area (Å²) in [6.07, 6.45) is 2.04. The van der Waals surface area contributed by atoms with Gasteiger partial charge in [0, 0.05) is 26.2 Å². The molecule has 1 rings (SSSR count). The van der Waals surface area contributed by atoms with Gasteiger partial charge >= 0.3 is 0 Å². The van der Waals surface area contributed by atoms with Gasteiger partial charge in [0.1, 0.15) is 0 Å². The molecule has 0 amide bonds. The number of rotatable bonds is 7. The van der Waals surface area contributed by atoms with Crippen LogP contribution in [0.2, 0.25) is 0 Å². The summed E-state index contributed by atoms with van der Waals surface area (Å²) in [7, 11) is 3.60. The molecule has 1 heterocycles. The molecule has 4 N–H and O–H groups in total. The molecule has 1 fully saturated rings.